The molecule has 2 aromatic heterocycles. The molecule has 1 N–H and O–H groups in total. The number of carbonyl (C=O) groups excluding carboxylic acids is 2. The van der Waals surface area contributed by atoms with Gasteiger partial charge in [-0.1, -0.05) is 12.1 Å². The second-order valence-corrected chi connectivity index (χ2v) is 3.00. The monoisotopic (exact) mass is 288 g/mol. The van der Waals surface area contributed by atoms with Gasteiger partial charge in [-0.05, 0) is 24.3 Å². The van der Waals surface area contributed by atoms with Crippen LogP contribution >= 0.6 is 0 Å². The van der Waals surface area contributed by atoms with Gasteiger partial charge in [0.25, 0.3) is 0 Å². The Hall–Kier alpha value is -2.27. The van der Waals surface area contributed by atoms with Crippen LogP contribution < -0.4 is 10.2 Å². The molecule has 0 aliphatic heterocycles. The molecule has 0 bridgehead atoms. The molecule has 20 heavy (non-hydrogen) atoms. The first-order chi connectivity index (χ1) is 9.61. The molecule has 0 aliphatic rings. The van der Waals surface area contributed by atoms with Crippen molar-refractivity contribution in [2.24, 2.45) is 0 Å². The Morgan fingerprint density at radius 1 is 0.850 bits per heavy atom. The van der Waals surface area contributed by atoms with Crippen molar-refractivity contribution in [1.29, 1.82) is 0 Å². The number of hydrogen-bond acceptors (Lipinski definition) is 7. The number of carboxylic acid groups (broad SMARTS) is 2. The number of carboxylic acids is 2. The zero-order chi connectivity index (χ0) is 15.4. The summed E-state index contributed by atoms with van der Waals surface area (Å²) in [6, 6.07) is 9.25. The average Bonchev–Trinajstić information content (AvgIpc) is 2.51. The van der Waals surface area contributed by atoms with E-state index in [2.05, 4.69) is 9.97 Å². The van der Waals surface area contributed by atoms with Crippen LogP contribution in [0.15, 0.2) is 48.8 Å². The standard InChI is InChI=1S/2C6H5NO2.Al.H2O/c2*8-6(9)5-3-1-2-4-7-5;;/h2*1-4H,(H,8,9);;1H2/q;;+3;/p-3. The van der Waals surface area contributed by atoms with E-state index in [1.54, 1.807) is 24.3 Å². The van der Waals surface area contributed by atoms with E-state index in [9.17, 15) is 19.8 Å². The number of aromatic carboxylic acids is 2. The van der Waals surface area contributed by atoms with E-state index in [0.717, 1.165) is 0 Å². The Balaban J connectivity index is 0.000000321. The normalized spacial score (nSPS) is 8.35. The number of hydrogen-bond donors (Lipinski definition) is 1. The molecule has 0 saturated carbocycles. The Morgan fingerprint density at radius 2 is 1.20 bits per heavy atom. The van der Waals surface area contributed by atoms with Gasteiger partial charge in [-0.2, -0.15) is 0 Å². The summed E-state index contributed by atoms with van der Waals surface area (Å²) in [7, 11) is 0. The molecule has 2 rings (SSSR count). The van der Waals surface area contributed by atoms with Crippen LogP contribution in [0.1, 0.15) is 21.0 Å². The maximum atomic E-state index is 10.0. The fraction of sp³-hybridized carbons (Fsp3) is 0. The van der Waals surface area contributed by atoms with Crippen molar-refractivity contribution in [3.05, 3.63) is 60.2 Å². The second-order valence-electron chi connectivity index (χ2n) is 3.00. The number of rotatable bonds is 2. The molecular formula is C12H9AlN2O5. The van der Waals surface area contributed by atoms with E-state index in [1.165, 1.54) is 41.2 Å². The van der Waals surface area contributed by atoms with Crippen molar-refractivity contribution in [2.45, 2.75) is 0 Å². The quantitative estimate of drug-likeness (QED) is 0.630. The van der Waals surface area contributed by atoms with E-state index >= 15 is 0 Å². The molecule has 0 aliphatic carbocycles. The van der Waals surface area contributed by atoms with Crippen LogP contribution in [0.25, 0.3) is 0 Å². The van der Waals surface area contributed by atoms with Crippen molar-refractivity contribution in [2.75, 3.05) is 0 Å². The van der Waals surface area contributed by atoms with Gasteiger partial charge in [-0.15, -0.1) is 0 Å². The van der Waals surface area contributed by atoms with Crippen LogP contribution in [0.3, 0.4) is 0 Å². The molecule has 0 fully saturated rings. The summed E-state index contributed by atoms with van der Waals surface area (Å²) in [5, 5.41) is 20.1. The van der Waals surface area contributed by atoms with Crippen LogP contribution in [0, 0.1) is 0 Å². The summed E-state index contributed by atoms with van der Waals surface area (Å²) in [5.74, 6) is -2.48. The molecular weight excluding hydrogens is 279 g/mol. The van der Waals surface area contributed by atoms with Gasteiger partial charge < -0.3 is 19.8 Å². The SMILES string of the molecule is O=C([O-])c1ccccn1.O=C([O-])c1ccccn1.[OH][Al+2]. The molecule has 2 heterocycles. The summed E-state index contributed by atoms with van der Waals surface area (Å²) >= 11 is 1.42. The zero-order valence-corrected chi connectivity index (χ0v) is 11.3. The fourth-order valence-corrected chi connectivity index (χ4v) is 0.967. The van der Waals surface area contributed by atoms with E-state index in [0.29, 0.717) is 0 Å². The molecule has 7 nitrogen and oxygen atoms in total. The number of carbonyl (C=O) groups is 2. The fourth-order valence-electron chi connectivity index (χ4n) is 0.967. The first kappa shape index (κ1) is 17.7. The van der Waals surface area contributed by atoms with Crippen LogP contribution in [0.4, 0.5) is 0 Å². The van der Waals surface area contributed by atoms with Gasteiger partial charge in [0.05, 0.1) is 23.3 Å². The van der Waals surface area contributed by atoms with Crippen molar-refractivity contribution >= 4 is 28.6 Å². The maximum absolute atomic E-state index is 10.0. The minimum absolute atomic E-state index is 0.0301. The predicted octanol–water partition coefficient (Wildman–Crippen LogP) is -2.05. The van der Waals surface area contributed by atoms with E-state index in [-0.39, 0.29) is 11.4 Å². The Morgan fingerprint density at radius 3 is 1.35 bits per heavy atom. The van der Waals surface area contributed by atoms with Crippen LogP contribution in [-0.4, -0.2) is 42.7 Å². The number of nitrogens with zero attached hydrogens (tertiary/aromatic N) is 2. The molecule has 100 valence electrons. The average molecular weight is 288 g/mol. The second kappa shape index (κ2) is 10.6. The van der Waals surface area contributed by atoms with E-state index < -0.39 is 11.9 Å². The molecule has 2 aromatic rings. The summed E-state index contributed by atoms with van der Waals surface area (Å²) in [6.45, 7) is 0. The van der Waals surface area contributed by atoms with E-state index in [1.807, 2.05) is 0 Å². The van der Waals surface area contributed by atoms with Gasteiger partial charge in [-0.25, -0.2) is 0 Å². The van der Waals surface area contributed by atoms with Crippen molar-refractivity contribution < 1.29 is 24.0 Å². The minimum atomic E-state index is -1.24. The third kappa shape index (κ3) is 7.23. The Bertz CT molecular complexity index is 472. The molecule has 0 atom stereocenters. The first-order valence-electron chi connectivity index (χ1n) is 5.12. The van der Waals surface area contributed by atoms with Gasteiger partial charge in [0.2, 0.25) is 0 Å². The van der Waals surface area contributed by atoms with Crippen molar-refractivity contribution in [3.8, 4) is 0 Å². The van der Waals surface area contributed by atoms with Crippen LogP contribution in [0.5, 0.6) is 0 Å². The molecule has 0 amide bonds. The Kier molecular flexibility index (Phi) is 9.43. The molecule has 0 aromatic carbocycles. The summed E-state index contributed by atoms with van der Waals surface area (Å²) in [5.41, 5.74) is -0.0602. The summed E-state index contributed by atoms with van der Waals surface area (Å²) in [4.78, 5) is 27.1. The van der Waals surface area contributed by atoms with Crippen molar-refractivity contribution in [1.82, 2.24) is 9.97 Å². The number of pyridine rings is 2. The van der Waals surface area contributed by atoms with Gasteiger partial charge in [0.1, 0.15) is 0 Å². The molecule has 0 saturated heterocycles. The number of aromatic nitrogens is 2. The molecule has 8 heteroatoms. The Labute approximate surface area is 123 Å². The summed E-state index contributed by atoms with van der Waals surface area (Å²) < 4.78 is 6.92. The molecule has 0 spiro atoms. The first-order valence-corrected chi connectivity index (χ1v) is 5.63. The van der Waals surface area contributed by atoms with Gasteiger partial charge in [-0.3, -0.25) is 9.97 Å². The van der Waals surface area contributed by atoms with Gasteiger partial charge in [0.15, 0.2) is 0 Å². The third-order valence-corrected chi connectivity index (χ3v) is 1.75. The molecule has 0 unspecified atom stereocenters. The predicted molar refractivity (Wildman–Crippen MR) is 65.1 cm³/mol. The third-order valence-electron chi connectivity index (χ3n) is 1.75. The summed E-state index contributed by atoms with van der Waals surface area (Å²) in [6.07, 6.45) is 2.82. The van der Waals surface area contributed by atoms with Crippen LogP contribution in [0.2, 0.25) is 0 Å². The zero-order valence-electron chi connectivity index (χ0n) is 10.2. The van der Waals surface area contributed by atoms with E-state index in [4.69, 9.17) is 4.16 Å². The van der Waals surface area contributed by atoms with Gasteiger partial charge >= 0.3 is 20.8 Å². The van der Waals surface area contributed by atoms with Crippen molar-refractivity contribution in [3.63, 3.8) is 0 Å². The van der Waals surface area contributed by atoms with Gasteiger partial charge in [0, 0.05) is 12.4 Å². The molecule has 0 radical (unpaired) electrons. The van der Waals surface area contributed by atoms with Crippen LogP contribution in [-0.2, 0) is 0 Å². The topological polar surface area (TPSA) is 126 Å².